The summed E-state index contributed by atoms with van der Waals surface area (Å²) in [7, 11) is 0. The molecule has 0 bridgehead atoms. The lowest BCUT2D eigenvalue weighted by molar-refractivity contribution is 0.100. The van der Waals surface area contributed by atoms with Crippen LogP contribution in [0.5, 0.6) is 0 Å². The van der Waals surface area contributed by atoms with E-state index in [-0.39, 0.29) is 0 Å². The van der Waals surface area contributed by atoms with Gasteiger partial charge in [0.2, 0.25) is 5.91 Å². The first-order valence-corrected chi connectivity index (χ1v) is 8.32. The van der Waals surface area contributed by atoms with Crippen LogP contribution in [-0.2, 0) is 13.2 Å². The second-order valence-electron chi connectivity index (χ2n) is 5.20. The molecule has 0 saturated heterocycles. The molecule has 8 heteroatoms. The van der Waals surface area contributed by atoms with E-state index in [1.807, 2.05) is 18.2 Å². The molecule has 0 radical (unpaired) electrons. The summed E-state index contributed by atoms with van der Waals surface area (Å²) in [4.78, 5) is 20.7. The highest BCUT2D eigenvalue weighted by atomic mass is 32.1. The van der Waals surface area contributed by atoms with E-state index in [0.717, 1.165) is 4.88 Å². The van der Waals surface area contributed by atoms with Crippen LogP contribution in [0.15, 0.2) is 48.8 Å². The number of hydrogen-bond donors (Lipinski definition) is 3. The molecule has 4 N–H and O–H groups in total. The number of nitrogens with two attached hydrogens (primary N) is 1. The first-order chi connectivity index (χ1) is 12.2. The van der Waals surface area contributed by atoms with Crippen molar-refractivity contribution in [2.75, 3.05) is 10.6 Å². The number of alkyl halides is 1. The maximum absolute atomic E-state index is 13.1. The van der Waals surface area contributed by atoms with E-state index < -0.39 is 12.6 Å². The Bertz CT molecular complexity index is 868. The van der Waals surface area contributed by atoms with Gasteiger partial charge in [-0.2, -0.15) is 0 Å². The van der Waals surface area contributed by atoms with Crippen LogP contribution in [0.1, 0.15) is 20.8 Å². The van der Waals surface area contributed by atoms with E-state index in [4.69, 9.17) is 5.73 Å². The number of hydrogen-bond acceptors (Lipinski definition) is 6. The van der Waals surface area contributed by atoms with Crippen molar-refractivity contribution in [2.24, 2.45) is 5.73 Å². The number of benzene rings is 1. The SMILES string of the molecule is NC(=O)c1ccc(CF)c(NCc2cnc(Nc3ccccn3)s2)c1. The molecule has 0 spiro atoms. The quantitative estimate of drug-likeness (QED) is 0.602. The molecule has 2 heterocycles. The minimum absolute atomic E-state index is 0.335. The van der Waals surface area contributed by atoms with Crippen LogP contribution in [0, 0.1) is 0 Å². The Morgan fingerprint density at radius 2 is 2.12 bits per heavy atom. The normalized spacial score (nSPS) is 10.4. The largest absolute Gasteiger partial charge is 0.380 e. The summed E-state index contributed by atoms with van der Waals surface area (Å²) in [5, 5.41) is 6.96. The number of carbonyl (C=O) groups is 1. The smallest absolute Gasteiger partial charge is 0.248 e. The second-order valence-corrected chi connectivity index (χ2v) is 6.31. The van der Waals surface area contributed by atoms with Crippen molar-refractivity contribution in [3.8, 4) is 0 Å². The minimum atomic E-state index is -0.628. The summed E-state index contributed by atoms with van der Waals surface area (Å²) >= 11 is 1.46. The molecule has 25 heavy (non-hydrogen) atoms. The van der Waals surface area contributed by atoms with Crippen molar-refractivity contribution in [3.05, 3.63) is 64.8 Å². The van der Waals surface area contributed by atoms with Gasteiger partial charge in [0.1, 0.15) is 12.5 Å². The highest BCUT2D eigenvalue weighted by Gasteiger charge is 2.08. The van der Waals surface area contributed by atoms with Crippen LogP contribution in [-0.4, -0.2) is 15.9 Å². The van der Waals surface area contributed by atoms with Crippen molar-refractivity contribution in [3.63, 3.8) is 0 Å². The standard InChI is InChI=1S/C17H16FN5OS/c18-8-12-5-4-11(16(19)24)7-14(12)21-9-13-10-22-17(25-13)23-15-3-1-2-6-20-15/h1-7,10,21H,8-9H2,(H2,19,24)(H,20,22,23). The van der Waals surface area contributed by atoms with Crippen molar-refractivity contribution < 1.29 is 9.18 Å². The van der Waals surface area contributed by atoms with Crippen LogP contribution in [0.2, 0.25) is 0 Å². The number of pyridine rings is 1. The number of amides is 1. The fourth-order valence-electron chi connectivity index (χ4n) is 2.19. The number of rotatable bonds is 7. The van der Waals surface area contributed by atoms with Crippen molar-refractivity contribution in [1.82, 2.24) is 9.97 Å². The van der Waals surface area contributed by atoms with Crippen molar-refractivity contribution in [1.29, 1.82) is 0 Å². The van der Waals surface area contributed by atoms with E-state index in [0.29, 0.717) is 34.3 Å². The van der Waals surface area contributed by atoms with E-state index in [1.165, 1.54) is 17.4 Å². The van der Waals surface area contributed by atoms with Gasteiger partial charge in [-0.15, -0.1) is 0 Å². The third kappa shape index (κ3) is 4.30. The van der Waals surface area contributed by atoms with Crippen LogP contribution in [0.3, 0.4) is 0 Å². The highest BCUT2D eigenvalue weighted by molar-refractivity contribution is 7.15. The number of aromatic nitrogens is 2. The molecule has 0 fully saturated rings. The van der Waals surface area contributed by atoms with Gasteiger partial charge >= 0.3 is 0 Å². The lowest BCUT2D eigenvalue weighted by atomic mass is 10.1. The summed E-state index contributed by atoms with van der Waals surface area (Å²) < 4.78 is 13.1. The van der Waals surface area contributed by atoms with E-state index in [1.54, 1.807) is 24.5 Å². The first kappa shape index (κ1) is 16.8. The molecule has 1 amide bonds. The summed E-state index contributed by atoms with van der Waals surface area (Å²) in [6, 6.07) is 10.2. The van der Waals surface area contributed by atoms with Gasteiger partial charge in [0.05, 0.1) is 6.54 Å². The highest BCUT2D eigenvalue weighted by Crippen LogP contribution is 2.24. The van der Waals surface area contributed by atoms with E-state index in [9.17, 15) is 9.18 Å². The Kier molecular flexibility index (Phi) is 5.20. The molecular formula is C17H16FN5OS. The predicted molar refractivity (Wildman–Crippen MR) is 96.7 cm³/mol. The summed E-state index contributed by atoms with van der Waals surface area (Å²) in [6.07, 6.45) is 3.43. The van der Waals surface area contributed by atoms with Gasteiger partial charge in [0.25, 0.3) is 0 Å². The molecule has 0 unspecified atom stereocenters. The molecule has 0 aliphatic rings. The zero-order valence-corrected chi connectivity index (χ0v) is 14.0. The average Bonchev–Trinajstić information content (AvgIpc) is 3.07. The van der Waals surface area contributed by atoms with Gasteiger partial charge in [-0.1, -0.05) is 23.5 Å². The van der Waals surface area contributed by atoms with Crippen LogP contribution >= 0.6 is 11.3 Å². The lowest BCUT2D eigenvalue weighted by Gasteiger charge is -2.10. The molecule has 3 rings (SSSR count). The monoisotopic (exact) mass is 357 g/mol. The van der Waals surface area contributed by atoms with E-state index in [2.05, 4.69) is 20.6 Å². The van der Waals surface area contributed by atoms with Crippen LogP contribution in [0.25, 0.3) is 0 Å². The molecular weight excluding hydrogens is 341 g/mol. The van der Waals surface area contributed by atoms with Gasteiger partial charge in [-0.3, -0.25) is 4.79 Å². The fourth-order valence-corrected chi connectivity index (χ4v) is 2.95. The van der Waals surface area contributed by atoms with Crippen molar-refractivity contribution in [2.45, 2.75) is 13.2 Å². The molecule has 2 aromatic heterocycles. The molecule has 1 aromatic carbocycles. The Morgan fingerprint density at radius 3 is 2.84 bits per heavy atom. The average molecular weight is 357 g/mol. The Morgan fingerprint density at radius 1 is 1.24 bits per heavy atom. The molecule has 3 aromatic rings. The number of nitrogens with one attached hydrogen (secondary N) is 2. The Balaban J connectivity index is 1.68. The number of nitrogens with zero attached hydrogens (tertiary/aromatic N) is 2. The fraction of sp³-hybridized carbons (Fsp3) is 0.118. The zero-order valence-electron chi connectivity index (χ0n) is 13.2. The third-order valence-electron chi connectivity index (χ3n) is 3.44. The third-order valence-corrected chi connectivity index (χ3v) is 4.36. The summed E-state index contributed by atoms with van der Waals surface area (Å²) in [5.41, 5.74) is 6.63. The molecule has 0 aliphatic carbocycles. The Hall–Kier alpha value is -3.00. The molecule has 0 aliphatic heterocycles. The maximum Gasteiger partial charge on any atom is 0.248 e. The summed E-state index contributed by atoms with van der Waals surface area (Å²) in [6.45, 7) is -0.173. The van der Waals surface area contributed by atoms with Gasteiger partial charge in [0, 0.05) is 34.1 Å². The van der Waals surface area contributed by atoms with Crippen LogP contribution < -0.4 is 16.4 Å². The van der Waals surface area contributed by atoms with Gasteiger partial charge in [-0.25, -0.2) is 14.4 Å². The molecule has 0 atom stereocenters. The topological polar surface area (TPSA) is 92.9 Å². The number of halogens is 1. The number of thiazole rings is 1. The minimum Gasteiger partial charge on any atom is -0.380 e. The number of carbonyl (C=O) groups excluding carboxylic acids is 1. The molecule has 6 nitrogen and oxygen atoms in total. The molecule has 0 saturated carbocycles. The Labute approximate surface area is 147 Å². The number of primary amides is 1. The zero-order chi connectivity index (χ0) is 17.6. The first-order valence-electron chi connectivity index (χ1n) is 7.51. The van der Waals surface area contributed by atoms with Gasteiger partial charge < -0.3 is 16.4 Å². The van der Waals surface area contributed by atoms with Crippen LogP contribution in [0.4, 0.5) is 21.0 Å². The predicted octanol–water partition coefficient (Wildman–Crippen LogP) is 3.46. The number of anilines is 3. The maximum atomic E-state index is 13.1. The summed E-state index contributed by atoms with van der Waals surface area (Å²) in [5.74, 6) is 0.165. The lowest BCUT2D eigenvalue weighted by Crippen LogP contribution is -2.12. The van der Waals surface area contributed by atoms with Crippen molar-refractivity contribution >= 4 is 33.9 Å². The second kappa shape index (κ2) is 7.71. The van der Waals surface area contributed by atoms with Gasteiger partial charge in [0.15, 0.2) is 5.13 Å². The van der Waals surface area contributed by atoms with E-state index >= 15 is 0 Å². The van der Waals surface area contributed by atoms with Gasteiger partial charge in [-0.05, 0) is 24.3 Å². The molecule has 128 valence electrons.